The summed E-state index contributed by atoms with van der Waals surface area (Å²) >= 11 is 0. The van der Waals surface area contributed by atoms with Gasteiger partial charge in [-0.1, -0.05) is 54.6 Å². The SMILES string of the molecule is [C-]#[N+]c1cc(-n2c3ccccc3c3c4oc5c(ccc6c5c5ccccc5n6-c5ccccc5)c4ccc32)cc(C#N)c1[N+]#[C-]. The molecule has 0 amide bonds. The number of fused-ring (bicyclic) bond motifs is 11. The van der Waals surface area contributed by atoms with Crippen molar-refractivity contribution in [3.8, 4) is 17.4 Å². The fourth-order valence-corrected chi connectivity index (χ4v) is 6.95. The monoisotopic (exact) mass is 573 g/mol. The van der Waals surface area contributed by atoms with Crippen LogP contribution in [0, 0.1) is 24.5 Å². The number of aromatic nitrogens is 2. The molecule has 0 aliphatic carbocycles. The van der Waals surface area contributed by atoms with Crippen LogP contribution in [-0.2, 0) is 0 Å². The fourth-order valence-electron chi connectivity index (χ4n) is 6.95. The Morgan fingerprint density at radius 2 is 1.11 bits per heavy atom. The summed E-state index contributed by atoms with van der Waals surface area (Å²) in [7, 11) is 0. The largest absolute Gasteiger partial charge is 0.455 e. The van der Waals surface area contributed by atoms with Gasteiger partial charge in [0.25, 0.3) is 0 Å². The van der Waals surface area contributed by atoms with Crippen molar-refractivity contribution in [2.45, 2.75) is 0 Å². The normalized spacial score (nSPS) is 11.5. The summed E-state index contributed by atoms with van der Waals surface area (Å²) in [5, 5.41) is 16.0. The summed E-state index contributed by atoms with van der Waals surface area (Å²) in [6.45, 7) is 15.3. The molecule has 9 aromatic rings. The quantitative estimate of drug-likeness (QED) is 0.193. The molecule has 0 saturated heterocycles. The van der Waals surface area contributed by atoms with E-state index in [1.165, 1.54) is 0 Å². The Kier molecular flexibility index (Phi) is 5.00. The lowest BCUT2D eigenvalue weighted by atomic mass is 10.1. The lowest BCUT2D eigenvalue weighted by Crippen LogP contribution is -1.94. The van der Waals surface area contributed by atoms with Crippen molar-refractivity contribution < 1.29 is 4.42 Å². The van der Waals surface area contributed by atoms with Crippen molar-refractivity contribution in [2.24, 2.45) is 0 Å². The molecule has 45 heavy (non-hydrogen) atoms. The number of hydrogen-bond donors (Lipinski definition) is 0. The van der Waals surface area contributed by atoms with Gasteiger partial charge in [-0.05, 0) is 60.7 Å². The lowest BCUT2D eigenvalue weighted by Gasteiger charge is -2.10. The van der Waals surface area contributed by atoms with Crippen LogP contribution < -0.4 is 0 Å². The molecule has 6 nitrogen and oxygen atoms in total. The van der Waals surface area contributed by atoms with Gasteiger partial charge in [-0.2, -0.15) is 5.26 Å². The van der Waals surface area contributed by atoms with Crippen LogP contribution in [0.4, 0.5) is 11.4 Å². The van der Waals surface area contributed by atoms with Crippen LogP contribution in [0.2, 0.25) is 0 Å². The van der Waals surface area contributed by atoms with E-state index in [0.29, 0.717) is 5.69 Å². The lowest BCUT2D eigenvalue weighted by molar-refractivity contribution is 0.677. The Hall–Kier alpha value is -6.81. The van der Waals surface area contributed by atoms with Gasteiger partial charge in [-0.25, -0.2) is 9.69 Å². The number of benzene rings is 6. The molecule has 0 radical (unpaired) electrons. The van der Waals surface area contributed by atoms with Crippen LogP contribution in [0.5, 0.6) is 0 Å². The van der Waals surface area contributed by atoms with E-state index in [-0.39, 0.29) is 16.9 Å². The van der Waals surface area contributed by atoms with Gasteiger partial charge >= 0.3 is 0 Å². The van der Waals surface area contributed by atoms with Crippen molar-refractivity contribution in [1.29, 1.82) is 5.26 Å². The molecule has 0 N–H and O–H groups in total. The smallest absolute Gasteiger partial charge is 0.212 e. The third kappa shape index (κ3) is 3.24. The zero-order chi connectivity index (χ0) is 30.2. The Balaban J connectivity index is 1.43. The number of para-hydroxylation sites is 3. The molecule has 0 unspecified atom stereocenters. The highest BCUT2D eigenvalue weighted by Gasteiger charge is 2.23. The van der Waals surface area contributed by atoms with Gasteiger partial charge in [-0.15, -0.1) is 0 Å². The van der Waals surface area contributed by atoms with Crippen LogP contribution in [0.3, 0.4) is 0 Å². The van der Waals surface area contributed by atoms with Crippen molar-refractivity contribution in [3.63, 3.8) is 0 Å². The van der Waals surface area contributed by atoms with Crippen molar-refractivity contribution >= 4 is 76.9 Å². The highest BCUT2D eigenvalue weighted by atomic mass is 16.3. The molecule has 0 fully saturated rings. The topological polar surface area (TPSA) is 55.5 Å². The molecule has 0 aliphatic rings. The third-order valence-corrected chi connectivity index (χ3v) is 8.78. The first-order valence-corrected chi connectivity index (χ1v) is 14.4. The fraction of sp³-hybridized carbons (Fsp3) is 0. The maximum Gasteiger partial charge on any atom is 0.212 e. The molecule has 0 bridgehead atoms. The highest BCUT2D eigenvalue weighted by molar-refractivity contribution is 6.29. The third-order valence-electron chi connectivity index (χ3n) is 8.78. The molecule has 0 aliphatic heterocycles. The molecule has 3 aromatic heterocycles. The average molecular weight is 574 g/mol. The van der Waals surface area contributed by atoms with Crippen LogP contribution in [0.25, 0.3) is 86.6 Å². The molecule has 6 aromatic carbocycles. The van der Waals surface area contributed by atoms with E-state index < -0.39 is 0 Å². The van der Waals surface area contributed by atoms with Gasteiger partial charge in [0.2, 0.25) is 5.69 Å². The summed E-state index contributed by atoms with van der Waals surface area (Å²) in [5.74, 6) is 0. The zero-order valence-corrected chi connectivity index (χ0v) is 23.6. The van der Waals surface area contributed by atoms with Gasteiger partial charge in [0.1, 0.15) is 11.2 Å². The molecule has 3 heterocycles. The summed E-state index contributed by atoms with van der Waals surface area (Å²) in [4.78, 5) is 7.07. The molecular formula is C39H19N5O. The van der Waals surface area contributed by atoms with E-state index in [2.05, 4.69) is 104 Å². The Morgan fingerprint density at radius 1 is 0.556 bits per heavy atom. The van der Waals surface area contributed by atoms with E-state index in [4.69, 9.17) is 17.6 Å². The van der Waals surface area contributed by atoms with Gasteiger partial charge in [-0.3, -0.25) is 0 Å². The predicted octanol–water partition coefficient (Wildman–Crippen LogP) is 10.8. The molecule has 206 valence electrons. The van der Waals surface area contributed by atoms with E-state index in [9.17, 15) is 5.26 Å². The highest BCUT2D eigenvalue weighted by Crippen LogP contribution is 2.45. The van der Waals surface area contributed by atoms with Crippen molar-refractivity contribution in [2.75, 3.05) is 0 Å². The number of nitrogens with zero attached hydrogens (tertiary/aromatic N) is 5. The Morgan fingerprint density at radius 3 is 1.67 bits per heavy atom. The van der Waals surface area contributed by atoms with Crippen LogP contribution in [0.15, 0.2) is 120 Å². The molecule has 9 rings (SSSR count). The van der Waals surface area contributed by atoms with Crippen molar-refractivity contribution in [3.05, 3.63) is 144 Å². The summed E-state index contributed by atoms with van der Waals surface area (Å²) in [5.41, 5.74) is 7.77. The first-order valence-electron chi connectivity index (χ1n) is 14.4. The standard InChI is InChI=1S/C39H19N5O/c1-41-30-21-25(20-23(22-40)37(30)42-2)44-32-15-9-7-13-29(32)36-34(44)19-17-27-26-16-18-33-35(38(26)45-39(27)36)28-12-6-8-14-31(28)43(33)24-10-4-3-5-11-24/h3-21H. The van der Waals surface area contributed by atoms with E-state index in [0.717, 1.165) is 71.2 Å². The number of furan rings is 1. The second kappa shape index (κ2) is 9.09. The summed E-state index contributed by atoms with van der Waals surface area (Å²) in [6, 6.07) is 40.9. The maximum absolute atomic E-state index is 9.85. The Bertz CT molecular complexity index is 2810. The van der Waals surface area contributed by atoms with Crippen LogP contribution >= 0.6 is 0 Å². The van der Waals surface area contributed by atoms with Crippen LogP contribution in [-0.4, -0.2) is 9.13 Å². The average Bonchev–Trinajstić information content (AvgIpc) is 3.75. The number of nitriles is 1. The molecule has 0 saturated carbocycles. The van der Waals surface area contributed by atoms with Gasteiger partial charge < -0.3 is 13.6 Å². The minimum absolute atomic E-state index is 0.0791. The second-order valence-corrected chi connectivity index (χ2v) is 11.0. The van der Waals surface area contributed by atoms with Gasteiger partial charge in [0.15, 0.2) is 5.69 Å². The predicted molar refractivity (Wildman–Crippen MR) is 180 cm³/mol. The maximum atomic E-state index is 9.85. The zero-order valence-electron chi connectivity index (χ0n) is 23.6. The minimum Gasteiger partial charge on any atom is -0.455 e. The van der Waals surface area contributed by atoms with Crippen LogP contribution in [0.1, 0.15) is 5.56 Å². The second-order valence-electron chi connectivity index (χ2n) is 11.0. The van der Waals surface area contributed by atoms with Gasteiger partial charge in [0.05, 0.1) is 52.1 Å². The van der Waals surface area contributed by atoms with E-state index in [1.807, 2.05) is 24.3 Å². The summed E-state index contributed by atoms with van der Waals surface area (Å²) < 4.78 is 11.3. The molecular weight excluding hydrogens is 554 g/mol. The Labute approximate surface area is 256 Å². The van der Waals surface area contributed by atoms with Gasteiger partial charge in [0, 0.05) is 38.5 Å². The van der Waals surface area contributed by atoms with Crippen molar-refractivity contribution in [1.82, 2.24) is 9.13 Å². The number of hydrogen-bond acceptors (Lipinski definition) is 2. The molecule has 6 heteroatoms. The first kappa shape index (κ1) is 24.8. The van der Waals surface area contributed by atoms with E-state index >= 15 is 0 Å². The minimum atomic E-state index is 0.0791. The van der Waals surface area contributed by atoms with E-state index in [1.54, 1.807) is 12.1 Å². The number of rotatable bonds is 2. The first-order chi connectivity index (χ1) is 22.2. The molecule has 0 spiro atoms. The molecule has 0 atom stereocenters. The summed E-state index contributed by atoms with van der Waals surface area (Å²) in [6.07, 6.45) is 0.